The molecule has 7 nitrogen and oxygen atoms in total. The Balaban J connectivity index is 1.37. The van der Waals surface area contributed by atoms with Crippen LogP contribution < -0.4 is 0 Å². The van der Waals surface area contributed by atoms with Gasteiger partial charge in [0.25, 0.3) is 0 Å². The number of rotatable bonds is 5. The van der Waals surface area contributed by atoms with E-state index in [1.54, 1.807) is 4.90 Å². The van der Waals surface area contributed by atoms with Gasteiger partial charge in [-0.05, 0) is 50.0 Å². The van der Waals surface area contributed by atoms with Crippen molar-refractivity contribution in [2.24, 2.45) is 0 Å². The summed E-state index contributed by atoms with van der Waals surface area (Å²) in [5.41, 5.74) is 1.43. The van der Waals surface area contributed by atoms with Crippen molar-refractivity contribution in [3.8, 4) is 0 Å². The van der Waals surface area contributed by atoms with Gasteiger partial charge < -0.3 is 14.4 Å². The maximum absolute atomic E-state index is 12.3. The van der Waals surface area contributed by atoms with E-state index in [2.05, 4.69) is 45.5 Å². The first-order valence-corrected chi connectivity index (χ1v) is 10.6. The average Bonchev–Trinajstić information content (AvgIpc) is 3.32. The molecule has 1 aliphatic carbocycles. The molecule has 2 fully saturated rings. The van der Waals surface area contributed by atoms with Gasteiger partial charge in [-0.3, -0.25) is 5.10 Å². The van der Waals surface area contributed by atoms with Crippen LogP contribution in [0.4, 0.5) is 4.79 Å². The van der Waals surface area contributed by atoms with Gasteiger partial charge in [0.1, 0.15) is 12.2 Å². The zero-order valence-electron chi connectivity index (χ0n) is 17.0. The first-order chi connectivity index (χ1) is 14.3. The molecular formula is C22H30N4O3. The van der Waals surface area contributed by atoms with E-state index < -0.39 is 0 Å². The summed E-state index contributed by atoms with van der Waals surface area (Å²) in [7, 11) is 1.43. The predicted octanol–water partition coefficient (Wildman–Crippen LogP) is 3.86. The minimum Gasteiger partial charge on any atom is -0.453 e. The van der Waals surface area contributed by atoms with Crippen molar-refractivity contribution in [3.63, 3.8) is 0 Å². The number of amides is 1. The molecule has 4 rings (SSSR count). The normalized spacial score (nSPS) is 27.6. The van der Waals surface area contributed by atoms with Gasteiger partial charge in [0.2, 0.25) is 0 Å². The lowest BCUT2D eigenvalue weighted by Gasteiger charge is -2.40. The number of nitrogens with zero attached hydrogens (tertiary/aromatic N) is 3. The first kappa shape index (κ1) is 19.9. The molecule has 2 aliphatic rings. The summed E-state index contributed by atoms with van der Waals surface area (Å²) in [5.74, 6) is 1.53. The summed E-state index contributed by atoms with van der Waals surface area (Å²) >= 11 is 0. The van der Waals surface area contributed by atoms with Gasteiger partial charge in [-0.1, -0.05) is 30.3 Å². The van der Waals surface area contributed by atoms with E-state index in [0.29, 0.717) is 19.1 Å². The molecule has 1 aromatic carbocycles. The molecular weight excluding hydrogens is 368 g/mol. The number of carbonyl (C=O) groups excluding carboxylic acids is 1. The highest BCUT2D eigenvalue weighted by Gasteiger charge is 2.38. The molecule has 156 valence electrons. The Morgan fingerprint density at radius 2 is 1.97 bits per heavy atom. The molecule has 2 heterocycles. The molecule has 29 heavy (non-hydrogen) atoms. The van der Waals surface area contributed by atoms with Crippen LogP contribution >= 0.6 is 0 Å². The second-order valence-corrected chi connectivity index (χ2v) is 8.07. The van der Waals surface area contributed by atoms with Gasteiger partial charge in [-0.2, -0.15) is 5.10 Å². The fraction of sp³-hybridized carbons (Fsp3) is 0.591. The summed E-state index contributed by atoms with van der Waals surface area (Å²) in [5, 5.41) is 6.98. The van der Waals surface area contributed by atoms with Crippen LogP contribution in [0, 0.1) is 0 Å². The lowest BCUT2D eigenvalue weighted by molar-refractivity contribution is -0.0246. The summed E-state index contributed by atoms with van der Waals surface area (Å²) in [4.78, 5) is 18.5. The zero-order chi connectivity index (χ0) is 20.1. The predicted molar refractivity (Wildman–Crippen MR) is 109 cm³/mol. The molecule has 0 bridgehead atoms. The van der Waals surface area contributed by atoms with E-state index in [-0.39, 0.29) is 24.2 Å². The Bertz CT molecular complexity index is 760. The van der Waals surface area contributed by atoms with Crippen LogP contribution in [0.2, 0.25) is 0 Å². The number of aromatic nitrogens is 3. The van der Waals surface area contributed by atoms with Crippen molar-refractivity contribution in [3.05, 3.63) is 48.0 Å². The quantitative estimate of drug-likeness (QED) is 0.827. The molecule has 0 spiro atoms. The molecule has 7 heteroatoms. The van der Waals surface area contributed by atoms with Gasteiger partial charge in [-0.15, -0.1) is 0 Å². The van der Waals surface area contributed by atoms with Gasteiger partial charge in [0.05, 0.1) is 25.9 Å². The number of likely N-dealkylation sites (tertiary alicyclic amines) is 1. The van der Waals surface area contributed by atoms with Crippen molar-refractivity contribution in [1.29, 1.82) is 0 Å². The lowest BCUT2D eigenvalue weighted by Crippen LogP contribution is -2.50. The molecule has 2 atom stereocenters. The molecule has 1 saturated heterocycles. The number of carbonyl (C=O) groups is 1. The average molecular weight is 399 g/mol. The van der Waals surface area contributed by atoms with Gasteiger partial charge in [0.15, 0.2) is 0 Å². The van der Waals surface area contributed by atoms with Crippen LogP contribution in [0.1, 0.15) is 61.7 Å². The molecule has 1 aromatic heterocycles. The summed E-state index contributed by atoms with van der Waals surface area (Å²) < 4.78 is 11.4. The second-order valence-electron chi connectivity index (χ2n) is 8.07. The van der Waals surface area contributed by atoms with Crippen molar-refractivity contribution < 1.29 is 14.3 Å². The Morgan fingerprint density at radius 1 is 1.17 bits per heavy atom. The number of nitrogens with one attached hydrogen (secondary N) is 1. The number of ether oxygens (including phenoxy) is 2. The Kier molecular flexibility index (Phi) is 6.44. The smallest absolute Gasteiger partial charge is 0.409 e. The van der Waals surface area contributed by atoms with Gasteiger partial charge in [-0.25, -0.2) is 9.78 Å². The van der Waals surface area contributed by atoms with Crippen LogP contribution in [0.3, 0.4) is 0 Å². The van der Waals surface area contributed by atoms with Crippen LogP contribution in [0.25, 0.3) is 0 Å². The second kappa shape index (κ2) is 9.39. The van der Waals surface area contributed by atoms with Crippen molar-refractivity contribution in [1.82, 2.24) is 20.1 Å². The van der Waals surface area contributed by atoms with Crippen LogP contribution in [0.15, 0.2) is 36.7 Å². The Morgan fingerprint density at radius 3 is 2.66 bits per heavy atom. The largest absolute Gasteiger partial charge is 0.453 e. The monoisotopic (exact) mass is 398 g/mol. The third kappa shape index (κ3) is 4.61. The highest BCUT2D eigenvalue weighted by atomic mass is 16.5. The standard InChI is InChI=1S/C22H30N4O3/c1-28-22(27)26-13-5-8-19(21-23-15-24-25-21)20(26)14-29-18-11-9-17(10-12-18)16-6-3-2-4-7-16/h2-4,6-7,15,17-20H,5,8-14H2,1H3,(H,23,24,25)/t17?,18?,19-,20-/m0/s1. The van der Waals surface area contributed by atoms with E-state index in [1.165, 1.54) is 19.0 Å². The molecule has 1 aliphatic heterocycles. The van der Waals surface area contributed by atoms with E-state index in [1.807, 2.05) is 0 Å². The minimum absolute atomic E-state index is 0.0870. The Hall–Kier alpha value is -2.41. The van der Waals surface area contributed by atoms with Crippen molar-refractivity contribution in [2.45, 2.75) is 62.5 Å². The van der Waals surface area contributed by atoms with Crippen LogP contribution in [-0.4, -0.2) is 58.6 Å². The summed E-state index contributed by atoms with van der Waals surface area (Å²) in [6.45, 7) is 1.19. The van der Waals surface area contributed by atoms with Gasteiger partial charge >= 0.3 is 6.09 Å². The van der Waals surface area contributed by atoms with E-state index in [0.717, 1.165) is 44.3 Å². The number of hydrogen-bond donors (Lipinski definition) is 1. The van der Waals surface area contributed by atoms with Crippen molar-refractivity contribution in [2.75, 3.05) is 20.3 Å². The van der Waals surface area contributed by atoms with E-state index in [4.69, 9.17) is 9.47 Å². The number of methoxy groups -OCH3 is 1. The molecule has 0 unspecified atom stereocenters. The number of H-pyrrole nitrogens is 1. The fourth-order valence-corrected chi connectivity index (χ4v) is 4.84. The number of hydrogen-bond acceptors (Lipinski definition) is 5. The lowest BCUT2D eigenvalue weighted by atomic mass is 9.82. The fourth-order valence-electron chi connectivity index (χ4n) is 4.84. The third-order valence-corrected chi connectivity index (χ3v) is 6.42. The zero-order valence-corrected chi connectivity index (χ0v) is 17.0. The number of benzene rings is 1. The highest BCUT2D eigenvalue weighted by Crippen LogP contribution is 2.35. The van der Waals surface area contributed by atoms with Gasteiger partial charge in [0, 0.05) is 12.5 Å². The van der Waals surface area contributed by atoms with Crippen LogP contribution in [-0.2, 0) is 9.47 Å². The molecule has 0 radical (unpaired) electrons. The molecule has 1 saturated carbocycles. The van der Waals surface area contributed by atoms with Crippen LogP contribution in [0.5, 0.6) is 0 Å². The van der Waals surface area contributed by atoms with E-state index >= 15 is 0 Å². The molecule has 2 aromatic rings. The topological polar surface area (TPSA) is 80.3 Å². The highest BCUT2D eigenvalue weighted by molar-refractivity contribution is 5.68. The number of aromatic amines is 1. The van der Waals surface area contributed by atoms with Crippen molar-refractivity contribution >= 4 is 6.09 Å². The summed E-state index contributed by atoms with van der Waals surface area (Å²) in [6, 6.07) is 10.7. The molecule has 1 N–H and O–H groups in total. The molecule has 1 amide bonds. The maximum atomic E-state index is 12.3. The maximum Gasteiger partial charge on any atom is 0.409 e. The number of piperidine rings is 1. The Labute approximate surface area is 171 Å². The summed E-state index contributed by atoms with van der Waals surface area (Å²) in [6.07, 6.45) is 7.74. The third-order valence-electron chi connectivity index (χ3n) is 6.42. The minimum atomic E-state index is -0.296. The van der Waals surface area contributed by atoms with E-state index in [9.17, 15) is 4.79 Å². The SMILES string of the molecule is COC(=O)N1CCC[C@H](c2ncn[nH]2)[C@@H]1COC1CCC(c2ccccc2)CC1. The first-order valence-electron chi connectivity index (χ1n) is 10.6.